The van der Waals surface area contributed by atoms with Crippen molar-refractivity contribution in [2.45, 2.75) is 6.42 Å². The zero-order valence-corrected chi connectivity index (χ0v) is 16.5. The van der Waals surface area contributed by atoms with Gasteiger partial charge < -0.3 is 0 Å². The number of hydrogen-bond donors (Lipinski definition) is 2. The van der Waals surface area contributed by atoms with Gasteiger partial charge in [0.2, 0.25) is 0 Å². The van der Waals surface area contributed by atoms with Gasteiger partial charge in [0.1, 0.15) is 5.92 Å². The number of hydrogen-bond acceptors (Lipinski definition) is 6. The maximum absolute atomic E-state index is 12.6. The minimum absolute atomic E-state index is 0.252. The molecule has 6 nitrogen and oxygen atoms in total. The van der Waals surface area contributed by atoms with Crippen LogP contribution in [0.4, 0.5) is 0 Å². The van der Waals surface area contributed by atoms with Crippen LogP contribution in [0.15, 0.2) is 75.6 Å². The topological polar surface area (TPSA) is 82.9 Å². The van der Waals surface area contributed by atoms with E-state index in [-0.39, 0.29) is 6.42 Å². The summed E-state index contributed by atoms with van der Waals surface area (Å²) in [5.74, 6) is -1.93. The first-order valence-corrected chi connectivity index (χ1v) is 10.2. The third-order valence-electron chi connectivity index (χ3n) is 3.74. The minimum atomic E-state index is -0.955. The Morgan fingerprint density at radius 2 is 1.36 bits per heavy atom. The summed E-state index contributed by atoms with van der Waals surface area (Å²) >= 11 is 3.01. The largest absolute Gasteiger partial charge is 0.272 e. The minimum Gasteiger partial charge on any atom is -0.272 e. The second kappa shape index (κ2) is 10.3. The predicted molar refractivity (Wildman–Crippen MR) is 114 cm³/mol. The molecule has 2 heterocycles. The van der Waals surface area contributed by atoms with Gasteiger partial charge in [0.15, 0.2) is 0 Å². The fourth-order valence-corrected chi connectivity index (χ4v) is 3.53. The maximum atomic E-state index is 12.6. The SMILES string of the molecule is O=C(N/N=C/c1cccs1)C(Cc1ccccc1)C(=O)N/N=C/c1cccs1. The van der Waals surface area contributed by atoms with Crippen molar-refractivity contribution in [1.29, 1.82) is 0 Å². The van der Waals surface area contributed by atoms with Crippen molar-refractivity contribution in [3.8, 4) is 0 Å². The average Bonchev–Trinajstić information content (AvgIpc) is 3.41. The van der Waals surface area contributed by atoms with Gasteiger partial charge in [0.25, 0.3) is 11.8 Å². The Morgan fingerprint density at radius 1 is 0.821 bits per heavy atom. The van der Waals surface area contributed by atoms with E-state index < -0.39 is 17.7 Å². The maximum Gasteiger partial charge on any atom is 0.253 e. The van der Waals surface area contributed by atoms with E-state index in [2.05, 4.69) is 21.1 Å². The fraction of sp³-hybridized carbons (Fsp3) is 0.100. The molecule has 0 saturated carbocycles. The molecule has 1 aromatic carbocycles. The molecule has 28 heavy (non-hydrogen) atoms. The highest BCUT2D eigenvalue weighted by molar-refractivity contribution is 7.12. The molecule has 142 valence electrons. The Hall–Kier alpha value is -3.10. The summed E-state index contributed by atoms with van der Waals surface area (Å²) in [7, 11) is 0. The van der Waals surface area contributed by atoms with Crippen molar-refractivity contribution in [2.24, 2.45) is 16.1 Å². The molecule has 0 atom stereocenters. The lowest BCUT2D eigenvalue weighted by Gasteiger charge is -2.13. The Labute approximate surface area is 170 Å². The molecule has 0 unspecified atom stereocenters. The molecule has 2 amide bonds. The normalized spacial score (nSPS) is 11.3. The van der Waals surface area contributed by atoms with Crippen LogP contribution in [0.5, 0.6) is 0 Å². The van der Waals surface area contributed by atoms with E-state index >= 15 is 0 Å². The summed E-state index contributed by atoms with van der Waals surface area (Å²) in [5, 5.41) is 11.7. The zero-order chi connectivity index (χ0) is 19.6. The van der Waals surface area contributed by atoms with Gasteiger partial charge in [0, 0.05) is 9.75 Å². The highest BCUT2D eigenvalue weighted by Crippen LogP contribution is 2.10. The zero-order valence-electron chi connectivity index (χ0n) is 14.8. The predicted octanol–water partition coefficient (Wildman–Crippen LogP) is 3.27. The summed E-state index contributed by atoms with van der Waals surface area (Å²) in [6, 6.07) is 16.9. The summed E-state index contributed by atoms with van der Waals surface area (Å²) < 4.78 is 0. The lowest BCUT2D eigenvalue weighted by Crippen LogP contribution is -2.39. The lowest BCUT2D eigenvalue weighted by atomic mass is 9.98. The summed E-state index contributed by atoms with van der Waals surface area (Å²) in [6.45, 7) is 0. The van der Waals surface area contributed by atoms with Crippen molar-refractivity contribution in [2.75, 3.05) is 0 Å². The average molecular weight is 411 g/mol. The molecule has 0 saturated heterocycles. The Kier molecular flexibility index (Phi) is 7.22. The molecular formula is C20H18N4O2S2. The third kappa shape index (κ3) is 5.97. The van der Waals surface area contributed by atoms with Crippen LogP contribution in [-0.4, -0.2) is 24.2 Å². The molecule has 0 aliphatic heterocycles. The van der Waals surface area contributed by atoms with Crippen LogP contribution in [0.3, 0.4) is 0 Å². The fourth-order valence-electron chi connectivity index (χ4n) is 2.36. The van der Waals surface area contributed by atoms with Crippen LogP contribution in [0.2, 0.25) is 0 Å². The molecule has 0 aliphatic rings. The van der Waals surface area contributed by atoms with Crippen LogP contribution in [0.1, 0.15) is 15.3 Å². The first-order valence-electron chi connectivity index (χ1n) is 8.49. The van der Waals surface area contributed by atoms with Gasteiger partial charge in [-0.3, -0.25) is 9.59 Å². The van der Waals surface area contributed by atoms with Crippen LogP contribution in [0, 0.1) is 5.92 Å². The highest BCUT2D eigenvalue weighted by Gasteiger charge is 2.26. The van der Waals surface area contributed by atoms with Crippen LogP contribution in [-0.2, 0) is 16.0 Å². The number of rotatable bonds is 8. The van der Waals surface area contributed by atoms with Gasteiger partial charge in [0.05, 0.1) is 12.4 Å². The summed E-state index contributed by atoms with van der Waals surface area (Å²) in [5.41, 5.74) is 5.78. The Bertz CT molecular complexity index is 878. The molecule has 0 aliphatic carbocycles. The van der Waals surface area contributed by atoms with Gasteiger partial charge in [-0.05, 0) is 34.9 Å². The van der Waals surface area contributed by atoms with E-state index in [4.69, 9.17) is 0 Å². The molecule has 0 radical (unpaired) electrons. The lowest BCUT2D eigenvalue weighted by molar-refractivity contribution is -0.135. The van der Waals surface area contributed by atoms with Crippen molar-refractivity contribution in [3.05, 3.63) is 80.7 Å². The van der Waals surface area contributed by atoms with Crippen LogP contribution >= 0.6 is 22.7 Å². The Balaban J connectivity index is 1.66. The molecule has 2 aromatic heterocycles. The molecule has 3 aromatic rings. The first-order chi connectivity index (χ1) is 13.7. The van der Waals surface area contributed by atoms with Crippen molar-refractivity contribution < 1.29 is 9.59 Å². The number of benzene rings is 1. The van der Waals surface area contributed by atoms with Gasteiger partial charge in [-0.2, -0.15) is 10.2 Å². The standard InChI is InChI=1S/C20H18N4O2S2/c25-19(23-21-13-16-8-4-10-27-16)18(12-15-6-2-1-3-7-15)20(26)24-22-14-17-9-5-11-28-17/h1-11,13-14,18H,12H2,(H,23,25)(H,24,26)/b21-13+,22-14+. The number of carbonyl (C=O) groups is 2. The molecule has 0 bridgehead atoms. The monoisotopic (exact) mass is 410 g/mol. The van der Waals surface area contributed by atoms with Crippen LogP contribution < -0.4 is 10.9 Å². The van der Waals surface area contributed by atoms with Crippen molar-refractivity contribution in [3.63, 3.8) is 0 Å². The van der Waals surface area contributed by atoms with Gasteiger partial charge >= 0.3 is 0 Å². The first kappa shape index (κ1) is 19.7. The Morgan fingerprint density at radius 3 is 1.82 bits per heavy atom. The smallest absolute Gasteiger partial charge is 0.253 e. The summed E-state index contributed by atoms with van der Waals surface area (Å²) in [4.78, 5) is 27.0. The van der Waals surface area contributed by atoms with E-state index in [1.807, 2.05) is 65.4 Å². The second-order valence-electron chi connectivity index (χ2n) is 5.74. The van der Waals surface area contributed by atoms with Crippen molar-refractivity contribution in [1.82, 2.24) is 10.9 Å². The molecule has 0 fully saturated rings. The molecular weight excluding hydrogens is 392 g/mol. The third-order valence-corrected chi connectivity index (χ3v) is 5.35. The summed E-state index contributed by atoms with van der Waals surface area (Å²) in [6.07, 6.45) is 3.35. The molecule has 0 spiro atoms. The second-order valence-corrected chi connectivity index (χ2v) is 7.70. The van der Waals surface area contributed by atoms with E-state index in [1.165, 1.54) is 22.7 Å². The quantitative estimate of drug-likeness (QED) is 0.339. The van der Waals surface area contributed by atoms with Gasteiger partial charge in [-0.25, -0.2) is 10.9 Å². The van der Waals surface area contributed by atoms with Crippen LogP contribution in [0.25, 0.3) is 0 Å². The molecule has 3 rings (SSSR count). The van der Waals surface area contributed by atoms with Gasteiger partial charge in [-0.15, -0.1) is 22.7 Å². The van der Waals surface area contributed by atoms with Gasteiger partial charge in [-0.1, -0.05) is 42.5 Å². The number of amides is 2. The highest BCUT2D eigenvalue weighted by atomic mass is 32.1. The molecule has 8 heteroatoms. The van der Waals surface area contributed by atoms with Crippen molar-refractivity contribution >= 4 is 46.9 Å². The number of carbonyl (C=O) groups excluding carboxylic acids is 2. The van der Waals surface area contributed by atoms with E-state index in [0.717, 1.165) is 15.3 Å². The van der Waals surface area contributed by atoms with E-state index in [0.29, 0.717) is 0 Å². The number of nitrogens with zero attached hydrogens (tertiary/aromatic N) is 2. The number of hydrazone groups is 2. The van der Waals surface area contributed by atoms with E-state index in [9.17, 15) is 9.59 Å². The van der Waals surface area contributed by atoms with E-state index in [1.54, 1.807) is 12.4 Å². The molecule has 2 N–H and O–H groups in total. The number of nitrogens with one attached hydrogen (secondary N) is 2. The number of thiophene rings is 2.